The molecule has 2 aromatic rings. The molecule has 0 aliphatic carbocycles. The van der Waals surface area contributed by atoms with Crippen LogP contribution in [-0.4, -0.2) is 38.9 Å². The van der Waals surface area contributed by atoms with Gasteiger partial charge in [-0.15, -0.1) is 0 Å². The molecule has 1 aromatic heterocycles. The van der Waals surface area contributed by atoms with Crippen LogP contribution in [0.1, 0.15) is 77.8 Å². The molecule has 0 radical (unpaired) electrons. The number of piperidine rings is 1. The Kier molecular flexibility index (Phi) is 5.69. The smallest absolute Gasteiger partial charge is 0.290 e. The highest BCUT2D eigenvalue weighted by Gasteiger charge is 2.33. The minimum atomic E-state index is -0.232. The first-order chi connectivity index (χ1) is 14.1. The summed E-state index contributed by atoms with van der Waals surface area (Å²) >= 11 is 0. The van der Waals surface area contributed by atoms with Gasteiger partial charge in [0, 0.05) is 24.8 Å². The van der Waals surface area contributed by atoms with Gasteiger partial charge in [0.1, 0.15) is 0 Å². The van der Waals surface area contributed by atoms with Crippen LogP contribution < -0.4 is 5.32 Å². The number of amides is 2. The highest BCUT2D eigenvalue weighted by molar-refractivity contribution is 6.05. The van der Waals surface area contributed by atoms with Crippen LogP contribution in [0.2, 0.25) is 0 Å². The number of anilines is 1. The molecule has 3 heterocycles. The second-order valence-corrected chi connectivity index (χ2v) is 8.22. The summed E-state index contributed by atoms with van der Waals surface area (Å²) in [5, 5.41) is 2.95. The fourth-order valence-corrected chi connectivity index (χ4v) is 4.54. The first-order valence-electron chi connectivity index (χ1n) is 10.9. The number of nitrogens with one attached hydrogen (secondary N) is 1. The largest absolute Gasteiger partial charge is 0.333 e. The molecule has 1 saturated heterocycles. The third-order valence-electron chi connectivity index (χ3n) is 6.19. The first-order valence-corrected chi connectivity index (χ1v) is 10.9. The van der Waals surface area contributed by atoms with E-state index in [1.165, 1.54) is 6.42 Å². The molecule has 29 heavy (non-hydrogen) atoms. The van der Waals surface area contributed by atoms with Crippen molar-refractivity contribution in [1.82, 2.24) is 14.5 Å². The lowest BCUT2D eigenvalue weighted by Crippen LogP contribution is -2.44. The number of rotatable bonds is 4. The topological polar surface area (TPSA) is 67.2 Å². The van der Waals surface area contributed by atoms with E-state index in [0.29, 0.717) is 11.5 Å². The fourth-order valence-electron chi connectivity index (χ4n) is 4.54. The summed E-state index contributed by atoms with van der Waals surface area (Å²) in [6, 6.07) is 7.99. The van der Waals surface area contributed by atoms with E-state index in [2.05, 4.69) is 17.2 Å². The molecule has 0 spiro atoms. The maximum Gasteiger partial charge on any atom is 0.290 e. The predicted octanol–water partition coefficient (Wildman–Crippen LogP) is 4.18. The molecule has 1 N–H and O–H groups in total. The zero-order chi connectivity index (χ0) is 20.4. The Balaban J connectivity index is 1.64. The zero-order valence-corrected chi connectivity index (χ0v) is 17.4. The summed E-state index contributed by atoms with van der Waals surface area (Å²) in [6.45, 7) is 5.69. The third-order valence-corrected chi connectivity index (χ3v) is 6.19. The van der Waals surface area contributed by atoms with Gasteiger partial charge < -0.3 is 14.8 Å². The maximum absolute atomic E-state index is 13.4. The SMILES string of the molecule is CCC1CCCCN1C(=O)c1nc(C(=O)Nc2ccc(C)cc2)c2n1CCCC2. The van der Waals surface area contributed by atoms with Crippen molar-refractivity contribution in [2.75, 3.05) is 11.9 Å². The van der Waals surface area contributed by atoms with E-state index in [0.717, 1.165) is 68.6 Å². The number of aryl methyl sites for hydroxylation is 1. The number of imidazole rings is 1. The molecule has 1 fully saturated rings. The number of carbonyl (C=O) groups excluding carboxylic acids is 2. The van der Waals surface area contributed by atoms with Crippen LogP contribution in [0.25, 0.3) is 0 Å². The summed E-state index contributed by atoms with van der Waals surface area (Å²) in [6.07, 6.45) is 7.04. The third kappa shape index (κ3) is 3.93. The Bertz CT molecular complexity index is 900. The average Bonchev–Trinajstić information content (AvgIpc) is 3.14. The van der Waals surface area contributed by atoms with E-state index in [-0.39, 0.29) is 17.9 Å². The quantitative estimate of drug-likeness (QED) is 0.846. The number of fused-ring (bicyclic) bond motifs is 1. The van der Waals surface area contributed by atoms with Crippen molar-refractivity contribution in [1.29, 1.82) is 0 Å². The van der Waals surface area contributed by atoms with Gasteiger partial charge in [-0.05, 0) is 64.0 Å². The Morgan fingerprint density at radius 1 is 1.10 bits per heavy atom. The number of aromatic nitrogens is 2. The number of nitrogens with zero attached hydrogens (tertiary/aromatic N) is 3. The van der Waals surface area contributed by atoms with Gasteiger partial charge in [0.15, 0.2) is 11.5 Å². The molecule has 2 aliphatic rings. The average molecular weight is 395 g/mol. The van der Waals surface area contributed by atoms with Crippen LogP contribution in [0, 0.1) is 6.92 Å². The molecule has 6 nitrogen and oxygen atoms in total. The van der Waals surface area contributed by atoms with Crippen LogP contribution >= 0.6 is 0 Å². The second kappa shape index (κ2) is 8.39. The lowest BCUT2D eigenvalue weighted by molar-refractivity contribution is 0.0589. The van der Waals surface area contributed by atoms with Crippen LogP contribution in [-0.2, 0) is 13.0 Å². The van der Waals surface area contributed by atoms with Crippen molar-refractivity contribution in [2.24, 2.45) is 0 Å². The van der Waals surface area contributed by atoms with Crippen molar-refractivity contribution in [3.8, 4) is 0 Å². The molecular weight excluding hydrogens is 364 g/mol. The van der Waals surface area contributed by atoms with Gasteiger partial charge in [0.25, 0.3) is 11.8 Å². The lowest BCUT2D eigenvalue weighted by atomic mass is 10.00. The summed E-state index contributed by atoms with van der Waals surface area (Å²) in [5.74, 6) is 0.187. The normalized spacial score (nSPS) is 19.0. The van der Waals surface area contributed by atoms with Crippen LogP contribution in [0.4, 0.5) is 5.69 Å². The van der Waals surface area contributed by atoms with E-state index in [4.69, 9.17) is 0 Å². The summed E-state index contributed by atoms with van der Waals surface area (Å²) in [4.78, 5) is 33.0. The van der Waals surface area contributed by atoms with Gasteiger partial charge in [0.2, 0.25) is 0 Å². The molecule has 2 aliphatic heterocycles. The molecule has 0 bridgehead atoms. The van der Waals surface area contributed by atoms with Gasteiger partial charge in [-0.1, -0.05) is 24.6 Å². The molecule has 1 atom stereocenters. The van der Waals surface area contributed by atoms with Crippen LogP contribution in [0.15, 0.2) is 24.3 Å². The molecule has 154 valence electrons. The Morgan fingerprint density at radius 2 is 1.86 bits per heavy atom. The Morgan fingerprint density at radius 3 is 2.62 bits per heavy atom. The van der Waals surface area contributed by atoms with Crippen molar-refractivity contribution in [3.05, 3.63) is 47.0 Å². The van der Waals surface area contributed by atoms with Crippen molar-refractivity contribution >= 4 is 17.5 Å². The van der Waals surface area contributed by atoms with Gasteiger partial charge >= 0.3 is 0 Å². The molecule has 1 aromatic carbocycles. The monoisotopic (exact) mass is 394 g/mol. The highest BCUT2D eigenvalue weighted by atomic mass is 16.2. The number of hydrogen-bond donors (Lipinski definition) is 1. The van der Waals surface area contributed by atoms with Gasteiger partial charge in [-0.2, -0.15) is 0 Å². The van der Waals surface area contributed by atoms with E-state index >= 15 is 0 Å². The fraction of sp³-hybridized carbons (Fsp3) is 0.522. The number of likely N-dealkylation sites (tertiary alicyclic amines) is 1. The minimum Gasteiger partial charge on any atom is -0.333 e. The van der Waals surface area contributed by atoms with Crippen molar-refractivity contribution in [2.45, 2.75) is 71.4 Å². The number of benzene rings is 1. The Hall–Kier alpha value is -2.63. The molecule has 1 unspecified atom stereocenters. The minimum absolute atomic E-state index is 0.0194. The van der Waals surface area contributed by atoms with Crippen LogP contribution in [0.3, 0.4) is 0 Å². The molecule has 2 amide bonds. The van der Waals surface area contributed by atoms with Gasteiger partial charge in [-0.3, -0.25) is 9.59 Å². The lowest BCUT2D eigenvalue weighted by Gasteiger charge is -2.35. The number of hydrogen-bond acceptors (Lipinski definition) is 3. The highest BCUT2D eigenvalue weighted by Crippen LogP contribution is 2.26. The van der Waals surface area contributed by atoms with Crippen LogP contribution in [0.5, 0.6) is 0 Å². The molecule has 4 rings (SSSR count). The van der Waals surface area contributed by atoms with E-state index in [9.17, 15) is 9.59 Å². The van der Waals surface area contributed by atoms with Gasteiger partial charge in [0.05, 0.1) is 5.69 Å². The zero-order valence-electron chi connectivity index (χ0n) is 17.4. The standard InChI is InChI=1S/C23H30N4O2/c1-3-18-8-4-6-14-26(18)23(29)21-25-20(19-9-5-7-15-27(19)21)22(28)24-17-12-10-16(2)11-13-17/h10-13,18H,3-9,14-15H2,1-2H3,(H,24,28). The van der Waals surface area contributed by atoms with Crippen molar-refractivity contribution < 1.29 is 9.59 Å². The number of carbonyl (C=O) groups is 2. The van der Waals surface area contributed by atoms with E-state index in [1.54, 1.807) is 0 Å². The predicted molar refractivity (Wildman–Crippen MR) is 113 cm³/mol. The molecule has 0 saturated carbocycles. The summed E-state index contributed by atoms with van der Waals surface area (Å²) in [7, 11) is 0. The summed E-state index contributed by atoms with van der Waals surface area (Å²) < 4.78 is 2.00. The summed E-state index contributed by atoms with van der Waals surface area (Å²) in [5.41, 5.74) is 3.18. The Labute approximate surface area is 172 Å². The first kappa shape index (κ1) is 19.7. The van der Waals surface area contributed by atoms with E-state index in [1.807, 2.05) is 40.7 Å². The maximum atomic E-state index is 13.4. The molecule has 6 heteroatoms. The van der Waals surface area contributed by atoms with Gasteiger partial charge in [-0.25, -0.2) is 4.98 Å². The molecular formula is C23H30N4O2. The second-order valence-electron chi connectivity index (χ2n) is 8.22. The van der Waals surface area contributed by atoms with E-state index < -0.39 is 0 Å². The van der Waals surface area contributed by atoms with Crippen molar-refractivity contribution in [3.63, 3.8) is 0 Å².